The molecule has 2 heterocycles. The number of hydrogen-bond acceptors (Lipinski definition) is 5. The van der Waals surface area contributed by atoms with Gasteiger partial charge in [0.2, 0.25) is 0 Å². The number of H-pyrrole nitrogens is 1. The predicted molar refractivity (Wildman–Crippen MR) is 108 cm³/mol. The van der Waals surface area contributed by atoms with E-state index in [4.69, 9.17) is 0 Å². The standard InChI is InChI=1S/C22H18N4O2/c1-2-18(27)15-9-6-10-16(11-15)26-22-19-17(12-23-21(19)24-13-25-22)20(28)14-7-4-3-5-8-14/h3-13H,2H2,1H3,(H2,23,24,25,26). The first kappa shape index (κ1) is 17.6. The first-order valence-corrected chi connectivity index (χ1v) is 8.99. The van der Waals surface area contributed by atoms with Gasteiger partial charge in [0, 0.05) is 29.4 Å². The average molecular weight is 370 g/mol. The highest BCUT2D eigenvalue weighted by molar-refractivity contribution is 6.18. The fourth-order valence-electron chi connectivity index (χ4n) is 3.09. The van der Waals surface area contributed by atoms with Crippen molar-refractivity contribution in [1.82, 2.24) is 15.0 Å². The Kier molecular flexibility index (Phi) is 4.68. The van der Waals surface area contributed by atoms with E-state index in [1.807, 2.05) is 37.3 Å². The average Bonchev–Trinajstić information content (AvgIpc) is 3.18. The molecule has 0 saturated carbocycles. The maximum Gasteiger partial charge on any atom is 0.195 e. The van der Waals surface area contributed by atoms with Crippen molar-refractivity contribution in [3.8, 4) is 0 Å². The van der Waals surface area contributed by atoms with Gasteiger partial charge in [0.25, 0.3) is 0 Å². The monoisotopic (exact) mass is 370 g/mol. The summed E-state index contributed by atoms with van der Waals surface area (Å²) in [5, 5.41) is 3.84. The zero-order chi connectivity index (χ0) is 19.5. The topological polar surface area (TPSA) is 87.7 Å². The van der Waals surface area contributed by atoms with Crippen LogP contribution in [0.4, 0.5) is 11.5 Å². The number of rotatable bonds is 6. The van der Waals surface area contributed by atoms with E-state index < -0.39 is 0 Å². The van der Waals surface area contributed by atoms with E-state index in [0.29, 0.717) is 40.0 Å². The van der Waals surface area contributed by atoms with Crippen LogP contribution in [0.25, 0.3) is 11.0 Å². The highest BCUT2D eigenvalue weighted by atomic mass is 16.1. The van der Waals surface area contributed by atoms with Crippen molar-refractivity contribution in [3.63, 3.8) is 0 Å². The SMILES string of the molecule is CCC(=O)c1cccc(Nc2ncnc3[nH]cc(C(=O)c4ccccc4)c23)c1. The molecule has 0 aliphatic rings. The normalized spacial score (nSPS) is 10.8. The van der Waals surface area contributed by atoms with Crippen LogP contribution in [0.15, 0.2) is 67.1 Å². The molecule has 0 amide bonds. The molecule has 2 aromatic carbocycles. The maximum absolute atomic E-state index is 13.0. The molecule has 6 nitrogen and oxygen atoms in total. The number of aromatic amines is 1. The molecular formula is C22H18N4O2. The van der Waals surface area contributed by atoms with Gasteiger partial charge in [0.05, 0.1) is 10.9 Å². The lowest BCUT2D eigenvalue weighted by Crippen LogP contribution is -2.03. The van der Waals surface area contributed by atoms with Gasteiger partial charge in [0.15, 0.2) is 11.6 Å². The van der Waals surface area contributed by atoms with Gasteiger partial charge in [-0.2, -0.15) is 0 Å². The number of ketones is 2. The fourth-order valence-corrected chi connectivity index (χ4v) is 3.09. The number of anilines is 2. The molecule has 0 aliphatic heterocycles. The lowest BCUT2D eigenvalue weighted by Gasteiger charge is -2.09. The van der Waals surface area contributed by atoms with Crippen LogP contribution in [0.3, 0.4) is 0 Å². The zero-order valence-corrected chi connectivity index (χ0v) is 15.3. The Morgan fingerprint density at radius 1 is 1.00 bits per heavy atom. The van der Waals surface area contributed by atoms with Crippen molar-refractivity contribution in [2.24, 2.45) is 0 Å². The van der Waals surface area contributed by atoms with Crippen LogP contribution in [0.2, 0.25) is 0 Å². The molecule has 0 unspecified atom stereocenters. The molecule has 0 atom stereocenters. The van der Waals surface area contributed by atoms with E-state index in [0.717, 1.165) is 5.69 Å². The molecule has 2 aromatic heterocycles. The highest BCUT2D eigenvalue weighted by Gasteiger charge is 2.18. The van der Waals surface area contributed by atoms with Gasteiger partial charge in [-0.1, -0.05) is 49.4 Å². The molecule has 0 saturated heterocycles. The Hall–Kier alpha value is -3.80. The molecule has 6 heteroatoms. The highest BCUT2D eigenvalue weighted by Crippen LogP contribution is 2.28. The quantitative estimate of drug-likeness (QED) is 0.487. The Balaban J connectivity index is 1.76. The number of fused-ring (bicyclic) bond motifs is 1. The lowest BCUT2D eigenvalue weighted by molar-refractivity contribution is 0.0987. The summed E-state index contributed by atoms with van der Waals surface area (Å²) in [7, 11) is 0. The molecular weight excluding hydrogens is 352 g/mol. The van der Waals surface area contributed by atoms with Crippen molar-refractivity contribution in [1.29, 1.82) is 0 Å². The minimum atomic E-state index is -0.111. The van der Waals surface area contributed by atoms with E-state index in [1.165, 1.54) is 6.33 Å². The van der Waals surface area contributed by atoms with Gasteiger partial charge in [-0.3, -0.25) is 9.59 Å². The lowest BCUT2D eigenvalue weighted by atomic mass is 10.0. The van der Waals surface area contributed by atoms with Crippen molar-refractivity contribution in [2.75, 3.05) is 5.32 Å². The zero-order valence-electron chi connectivity index (χ0n) is 15.3. The number of carbonyl (C=O) groups is 2. The number of hydrogen-bond donors (Lipinski definition) is 2. The van der Waals surface area contributed by atoms with Gasteiger partial charge in [-0.05, 0) is 12.1 Å². The van der Waals surface area contributed by atoms with Crippen molar-refractivity contribution in [2.45, 2.75) is 13.3 Å². The fraction of sp³-hybridized carbons (Fsp3) is 0.0909. The number of nitrogens with zero attached hydrogens (tertiary/aromatic N) is 2. The molecule has 0 radical (unpaired) electrons. The van der Waals surface area contributed by atoms with E-state index in [-0.39, 0.29) is 11.6 Å². The van der Waals surface area contributed by atoms with E-state index in [1.54, 1.807) is 30.5 Å². The van der Waals surface area contributed by atoms with Crippen LogP contribution < -0.4 is 5.32 Å². The third kappa shape index (κ3) is 3.27. The summed E-state index contributed by atoms with van der Waals surface area (Å²) < 4.78 is 0. The molecule has 0 spiro atoms. The summed E-state index contributed by atoms with van der Waals surface area (Å²) in [4.78, 5) is 36.5. The second kappa shape index (κ2) is 7.44. The largest absolute Gasteiger partial charge is 0.345 e. The molecule has 4 aromatic rings. The van der Waals surface area contributed by atoms with Gasteiger partial charge >= 0.3 is 0 Å². The van der Waals surface area contributed by atoms with Crippen LogP contribution in [-0.2, 0) is 0 Å². The number of benzene rings is 2. The molecule has 4 rings (SSSR count). The van der Waals surface area contributed by atoms with E-state index in [9.17, 15) is 9.59 Å². The number of carbonyl (C=O) groups excluding carboxylic acids is 2. The Labute approximate surface area is 161 Å². The van der Waals surface area contributed by atoms with Crippen molar-refractivity contribution >= 4 is 34.1 Å². The summed E-state index contributed by atoms with van der Waals surface area (Å²) in [5.74, 6) is 0.462. The predicted octanol–water partition coefficient (Wildman–Crippen LogP) is 4.53. The summed E-state index contributed by atoms with van der Waals surface area (Å²) in [5.41, 5.74) is 3.00. The minimum absolute atomic E-state index is 0.0677. The van der Waals surface area contributed by atoms with Gasteiger partial charge in [0.1, 0.15) is 17.8 Å². The maximum atomic E-state index is 13.0. The first-order valence-electron chi connectivity index (χ1n) is 8.99. The Bertz CT molecular complexity index is 1170. The van der Waals surface area contributed by atoms with Crippen molar-refractivity contribution in [3.05, 3.63) is 83.8 Å². The van der Waals surface area contributed by atoms with Gasteiger partial charge < -0.3 is 10.3 Å². The summed E-state index contributed by atoms with van der Waals surface area (Å²) >= 11 is 0. The molecule has 28 heavy (non-hydrogen) atoms. The van der Waals surface area contributed by atoms with E-state index in [2.05, 4.69) is 20.3 Å². The van der Waals surface area contributed by atoms with E-state index >= 15 is 0 Å². The Morgan fingerprint density at radius 3 is 2.57 bits per heavy atom. The molecule has 0 fully saturated rings. The summed E-state index contributed by atoms with van der Waals surface area (Å²) in [6, 6.07) is 16.3. The summed E-state index contributed by atoms with van der Waals surface area (Å²) in [6.07, 6.45) is 3.52. The molecule has 138 valence electrons. The van der Waals surface area contributed by atoms with Crippen molar-refractivity contribution < 1.29 is 9.59 Å². The van der Waals surface area contributed by atoms with Gasteiger partial charge in [-0.25, -0.2) is 9.97 Å². The van der Waals surface area contributed by atoms with Crippen LogP contribution in [0, 0.1) is 0 Å². The number of aromatic nitrogens is 3. The van der Waals surface area contributed by atoms with Gasteiger partial charge in [-0.15, -0.1) is 0 Å². The minimum Gasteiger partial charge on any atom is -0.345 e. The smallest absolute Gasteiger partial charge is 0.195 e. The van der Waals surface area contributed by atoms with Crippen LogP contribution >= 0.6 is 0 Å². The third-order valence-corrected chi connectivity index (χ3v) is 4.52. The molecule has 0 aliphatic carbocycles. The molecule has 0 bridgehead atoms. The first-order chi connectivity index (χ1) is 13.7. The van der Waals surface area contributed by atoms with Crippen LogP contribution in [0.1, 0.15) is 39.6 Å². The third-order valence-electron chi connectivity index (χ3n) is 4.52. The van der Waals surface area contributed by atoms with Crippen LogP contribution in [0.5, 0.6) is 0 Å². The summed E-state index contributed by atoms with van der Waals surface area (Å²) in [6.45, 7) is 1.83. The Morgan fingerprint density at radius 2 is 1.79 bits per heavy atom. The molecule has 2 N–H and O–H groups in total. The van der Waals surface area contributed by atoms with Crippen LogP contribution in [-0.4, -0.2) is 26.5 Å². The number of Topliss-reactive ketones (excluding diaryl/α,β-unsaturated/α-hetero) is 1. The number of nitrogens with one attached hydrogen (secondary N) is 2. The second-order valence-corrected chi connectivity index (χ2v) is 6.33. The second-order valence-electron chi connectivity index (χ2n) is 6.33.